The largest absolute Gasteiger partial charge is 0.466 e. The molecule has 0 saturated carbocycles. The Kier molecular flexibility index (Phi) is 5.88. The fraction of sp³-hybridized carbons (Fsp3) is 0.667. The summed E-state index contributed by atoms with van der Waals surface area (Å²) in [4.78, 5) is 27.2. The zero-order valence-corrected chi connectivity index (χ0v) is 18.1. The number of amides is 1. The highest BCUT2D eigenvalue weighted by Gasteiger charge is 2.37. The molecule has 1 aromatic carbocycles. The Balaban J connectivity index is 1.79. The van der Waals surface area contributed by atoms with Crippen LogP contribution in [0.5, 0.6) is 0 Å². The first kappa shape index (κ1) is 20.9. The van der Waals surface area contributed by atoms with Crippen molar-refractivity contribution in [2.24, 2.45) is 5.92 Å². The molecule has 1 aliphatic carbocycles. The van der Waals surface area contributed by atoms with Crippen molar-refractivity contribution in [3.05, 3.63) is 34.9 Å². The van der Waals surface area contributed by atoms with Crippen LogP contribution in [-0.2, 0) is 20.4 Å². The zero-order chi connectivity index (χ0) is 20.5. The van der Waals surface area contributed by atoms with E-state index in [1.807, 2.05) is 17.9 Å². The first-order valence-electron chi connectivity index (χ1n) is 10.8. The smallest absolute Gasteiger partial charge is 0.308 e. The fourth-order valence-corrected chi connectivity index (χ4v) is 4.70. The zero-order valence-electron chi connectivity index (χ0n) is 18.1. The second-order valence-electron chi connectivity index (χ2n) is 9.70. The molecule has 1 saturated heterocycles. The average Bonchev–Trinajstić information content (AvgIpc) is 2.91. The monoisotopic (exact) mass is 385 g/mol. The molecule has 1 atom stereocenters. The highest BCUT2D eigenvalue weighted by Crippen LogP contribution is 2.46. The lowest BCUT2D eigenvalue weighted by Crippen LogP contribution is -2.35. The van der Waals surface area contributed by atoms with Gasteiger partial charge in [0.25, 0.3) is 5.91 Å². The first-order valence-corrected chi connectivity index (χ1v) is 10.8. The van der Waals surface area contributed by atoms with E-state index in [0.717, 1.165) is 24.8 Å². The van der Waals surface area contributed by atoms with Gasteiger partial charge in [-0.05, 0) is 73.1 Å². The molecule has 0 spiro atoms. The highest BCUT2D eigenvalue weighted by molar-refractivity contribution is 5.94. The van der Waals surface area contributed by atoms with Crippen molar-refractivity contribution in [1.82, 2.24) is 4.90 Å². The molecule has 0 N–H and O–H groups in total. The predicted octanol–water partition coefficient (Wildman–Crippen LogP) is 4.84. The van der Waals surface area contributed by atoms with E-state index in [1.165, 1.54) is 17.5 Å². The van der Waals surface area contributed by atoms with Crippen LogP contribution in [0.1, 0.15) is 88.2 Å². The maximum atomic E-state index is 13.2. The van der Waals surface area contributed by atoms with Crippen LogP contribution in [0.15, 0.2) is 18.2 Å². The lowest BCUT2D eigenvalue weighted by atomic mass is 9.63. The summed E-state index contributed by atoms with van der Waals surface area (Å²) in [5.74, 6) is -0.109. The maximum absolute atomic E-state index is 13.2. The van der Waals surface area contributed by atoms with E-state index in [-0.39, 0.29) is 28.6 Å². The molecular formula is C24H35NO3. The number of fused-ring (bicyclic) bond motifs is 1. The molecule has 154 valence electrons. The van der Waals surface area contributed by atoms with Crippen LogP contribution in [0.3, 0.4) is 0 Å². The van der Waals surface area contributed by atoms with Crippen LogP contribution in [0.25, 0.3) is 0 Å². The third kappa shape index (κ3) is 4.11. The molecular weight excluding hydrogens is 350 g/mol. The summed E-state index contributed by atoms with van der Waals surface area (Å²) in [6.07, 6.45) is 4.64. The lowest BCUT2D eigenvalue weighted by Gasteiger charge is -2.42. The van der Waals surface area contributed by atoms with Gasteiger partial charge >= 0.3 is 5.97 Å². The molecule has 4 heteroatoms. The number of hydrogen-bond acceptors (Lipinski definition) is 3. The molecule has 1 amide bonds. The number of hydrogen-bond donors (Lipinski definition) is 0. The van der Waals surface area contributed by atoms with E-state index in [2.05, 4.69) is 39.8 Å². The topological polar surface area (TPSA) is 46.6 Å². The molecule has 1 aromatic rings. The summed E-state index contributed by atoms with van der Waals surface area (Å²) in [7, 11) is 0. The third-order valence-corrected chi connectivity index (χ3v) is 6.74. The Morgan fingerprint density at radius 2 is 1.71 bits per heavy atom. The van der Waals surface area contributed by atoms with Gasteiger partial charge in [0, 0.05) is 18.7 Å². The molecule has 1 heterocycles. The van der Waals surface area contributed by atoms with Crippen LogP contribution < -0.4 is 0 Å². The van der Waals surface area contributed by atoms with E-state index >= 15 is 0 Å². The average molecular weight is 386 g/mol. The molecule has 2 aliphatic rings. The summed E-state index contributed by atoms with van der Waals surface area (Å²) in [6, 6.07) is 6.30. The van der Waals surface area contributed by atoms with E-state index < -0.39 is 0 Å². The number of carbonyl (C=O) groups is 2. The number of ether oxygens (including phenoxy) is 1. The third-order valence-electron chi connectivity index (χ3n) is 6.74. The number of nitrogens with zero attached hydrogens (tertiary/aromatic N) is 1. The second-order valence-corrected chi connectivity index (χ2v) is 9.70. The standard InChI is InChI=1S/C24H35NO3/c1-6-28-22(27)17-8-7-14-25(15-11-17)21(26)18-9-10-19-20(16-18)24(4,5)13-12-23(19,2)3/h9-10,16-17H,6-8,11-15H2,1-5H3. The second kappa shape index (κ2) is 7.88. The van der Waals surface area contributed by atoms with Crippen molar-refractivity contribution in [2.75, 3.05) is 19.7 Å². The quantitative estimate of drug-likeness (QED) is 0.700. The van der Waals surface area contributed by atoms with Crippen molar-refractivity contribution >= 4 is 11.9 Å². The van der Waals surface area contributed by atoms with Crippen molar-refractivity contribution < 1.29 is 14.3 Å². The summed E-state index contributed by atoms with van der Waals surface area (Å²) in [5.41, 5.74) is 3.71. The molecule has 0 bridgehead atoms. The van der Waals surface area contributed by atoms with Crippen molar-refractivity contribution in [1.29, 1.82) is 0 Å². The number of rotatable bonds is 3. The van der Waals surface area contributed by atoms with E-state index in [9.17, 15) is 9.59 Å². The summed E-state index contributed by atoms with van der Waals surface area (Å²) in [6.45, 7) is 12.7. The van der Waals surface area contributed by atoms with Crippen LogP contribution in [0, 0.1) is 5.92 Å². The Bertz CT molecular complexity index is 750. The van der Waals surface area contributed by atoms with Crippen LogP contribution in [0.4, 0.5) is 0 Å². The van der Waals surface area contributed by atoms with Crippen LogP contribution in [0.2, 0.25) is 0 Å². The molecule has 0 radical (unpaired) electrons. The highest BCUT2D eigenvalue weighted by atomic mass is 16.5. The minimum absolute atomic E-state index is 0.0824. The van der Waals surface area contributed by atoms with Gasteiger partial charge in [-0.25, -0.2) is 0 Å². The minimum Gasteiger partial charge on any atom is -0.466 e. The number of carbonyl (C=O) groups excluding carboxylic acids is 2. The fourth-order valence-electron chi connectivity index (χ4n) is 4.70. The van der Waals surface area contributed by atoms with Gasteiger partial charge in [-0.1, -0.05) is 33.8 Å². The number of likely N-dealkylation sites (tertiary alicyclic amines) is 1. The minimum atomic E-state index is -0.116. The van der Waals surface area contributed by atoms with Gasteiger partial charge in [-0.3, -0.25) is 9.59 Å². The molecule has 1 unspecified atom stereocenters. The molecule has 0 aromatic heterocycles. The van der Waals surface area contributed by atoms with Crippen molar-refractivity contribution in [2.45, 2.75) is 77.6 Å². The van der Waals surface area contributed by atoms with Crippen LogP contribution in [-0.4, -0.2) is 36.5 Å². The Hall–Kier alpha value is -1.84. The number of esters is 1. The summed E-state index contributed by atoms with van der Waals surface area (Å²) in [5, 5.41) is 0. The van der Waals surface area contributed by atoms with Gasteiger partial charge in [-0.2, -0.15) is 0 Å². The van der Waals surface area contributed by atoms with Gasteiger partial charge in [-0.15, -0.1) is 0 Å². The molecule has 4 nitrogen and oxygen atoms in total. The number of benzene rings is 1. The van der Waals surface area contributed by atoms with Gasteiger partial charge in [0.05, 0.1) is 12.5 Å². The van der Waals surface area contributed by atoms with Crippen molar-refractivity contribution in [3.63, 3.8) is 0 Å². The Morgan fingerprint density at radius 3 is 2.39 bits per heavy atom. The van der Waals surface area contributed by atoms with Gasteiger partial charge < -0.3 is 9.64 Å². The van der Waals surface area contributed by atoms with E-state index in [4.69, 9.17) is 4.74 Å². The summed E-state index contributed by atoms with van der Waals surface area (Å²) < 4.78 is 5.18. The van der Waals surface area contributed by atoms with Gasteiger partial charge in [0.15, 0.2) is 0 Å². The van der Waals surface area contributed by atoms with Gasteiger partial charge in [0.2, 0.25) is 0 Å². The Morgan fingerprint density at radius 1 is 1.04 bits per heavy atom. The van der Waals surface area contributed by atoms with E-state index in [1.54, 1.807) is 0 Å². The molecule has 3 rings (SSSR count). The maximum Gasteiger partial charge on any atom is 0.308 e. The molecule has 1 fully saturated rings. The SMILES string of the molecule is CCOC(=O)C1CCCN(C(=O)c2ccc3c(c2)C(C)(C)CCC3(C)C)CC1. The van der Waals surface area contributed by atoms with E-state index in [0.29, 0.717) is 26.1 Å². The predicted molar refractivity (Wildman–Crippen MR) is 112 cm³/mol. The normalized spacial score (nSPS) is 23.5. The summed E-state index contributed by atoms with van der Waals surface area (Å²) >= 11 is 0. The Labute approximate surface area is 169 Å². The molecule has 28 heavy (non-hydrogen) atoms. The van der Waals surface area contributed by atoms with Crippen molar-refractivity contribution in [3.8, 4) is 0 Å². The first-order chi connectivity index (χ1) is 13.2. The van der Waals surface area contributed by atoms with Crippen LogP contribution >= 0.6 is 0 Å². The van der Waals surface area contributed by atoms with Gasteiger partial charge in [0.1, 0.15) is 0 Å². The molecule has 1 aliphatic heterocycles. The lowest BCUT2D eigenvalue weighted by molar-refractivity contribution is -0.148.